The Kier molecular flexibility index (Phi) is 3.93. The number of carbonyl (C=O) groups is 1. The second-order valence-corrected chi connectivity index (χ2v) is 5.05. The minimum Gasteiger partial charge on any atom is -0.342 e. The molecule has 1 aromatic rings. The summed E-state index contributed by atoms with van der Waals surface area (Å²) in [6.45, 7) is 1.83. The molecule has 4 heteroatoms. The number of piperidine rings is 1. The lowest BCUT2D eigenvalue weighted by Crippen LogP contribution is -2.36. The van der Waals surface area contributed by atoms with Gasteiger partial charge in [0.15, 0.2) is 0 Å². The van der Waals surface area contributed by atoms with Gasteiger partial charge in [-0.15, -0.1) is 0 Å². The minimum absolute atomic E-state index is 0.222. The summed E-state index contributed by atoms with van der Waals surface area (Å²) in [5.41, 5.74) is 0.977. The van der Waals surface area contributed by atoms with Gasteiger partial charge in [0.25, 0.3) is 0 Å². The molecule has 16 heavy (non-hydrogen) atoms. The van der Waals surface area contributed by atoms with Crippen LogP contribution in [-0.2, 0) is 11.2 Å². The summed E-state index contributed by atoms with van der Waals surface area (Å²) in [5, 5.41) is 0. The van der Waals surface area contributed by atoms with Gasteiger partial charge in [-0.1, -0.05) is 0 Å². The van der Waals surface area contributed by atoms with Gasteiger partial charge in [0.2, 0.25) is 5.91 Å². The molecule has 1 fully saturated rings. The molecule has 1 saturated heterocycles. The van der Waals surface area contributed by atoms with Crippen molar-refractivity contribution in [1.29, 1.82) is 0 Å². The molecule has 2 heterocycles. The van der Waals surface area contributed by atoms with Crippen molar-refractivity contribution in [2.45, 2.75) is 25.7 Å². The maximum atomic E-state index is 12.0. The highest BCUT2D eigenvalue weighted by Gasteiger charge is 2.16. The van der Waals surface area contributed by atoms with E-state index in [1.165, 1.54) is 6.42 Å². The van der Waals surface area contributed by atoms with Crippen LogP contribution in [-0.4, -0.2) is 28.9 Å². The third-order valence-electron chi connectivity index (χ3n) is 2.83. The maximum Gasteiger partial charge on any atom is 0.227 e. The standard InChI is InChI=1S/C12H15BrN2O/c13-11-6-10(8-14-9-11)7-12(16)15-4-2-1-3-5-15/h6,8-9H,1-5,7H2. The lowest BCUT2D eigenvalue weighted by atomic mass is 10.1. The lowest BCUT2D eigenvalue weighted by molar-refractivity contribution is -0.131. The van der Waals surface area contributed by atoms with Crippen molar-refractivity contribution < 1.29 is 4.79 Å². The number of likely N-dealkylation sites (tertiary alicyclic amines) is 1. The first-order valence-electron chi connectivity index (χ1n) is 5.63. The highest BCUT2D eigenvalue weighted by molar-refractivity contribution is 9.10. The number of hydrogen-bond acceptors (Lipinski definition) is 2. The van der Waals surface area contributed by atoms with Gasteiger partial charge in [0.1, 0.15) is 0 Å². The first-order valence-corrected chi connectivity index (χ1v) is 6.42. The van der Waals surface area contributed by atoms with E-state index in [0.717, 1.165) is 36.0 Å². The molecule has 86 valence electrons. The van der Waals surface area contributed by atoms with E-state index in [1.54, 1.807) is 12.4 Å². The number of aromatic nitrogens is 1. The molecule has 0 aliphatic carbocycles. The zero-order chi connectivity index (χ0) is 11.4. The summed E-state index contributed by atoms with van der Waals surface area (Å²) in [5.74, 6) is 0.222. The third-order valence-corrected chi connectivity index (χ3v) is 3.26. The van der Waals surface area contributed by atoms with E-state index in [-0.39, 0.29) is 5.91 Å². The number of halogens is 1. The van der Waals surface area contributed by atoms with Gasteiger partial charge < -0.3 is 4.90 Å². The van der Waals surface area contributed by atoms with E-state index in [9.17, 15) is 4.79 Å². The van der Waals surface area contributed by atoms with E-state index in [0.29, 0.717) is 6.42 Å². The smallest absolute Gasteiger partial charge is 0.227 e. The second kappa shape index (κ2) is 5.43. The number of hydrogen-bond donors (Lipinski definition) is 0. The zero-order valence-electron chi connectivity index (χ0n) is 9.16. The Morgan fingerprint density at radius 3 is 2.75 bits per heavy atom. The summed E-state index contributed by atoms with van der Waals surface area (Å²) in [6.07, 6.45) is 7.49. The van der Waals surface area contributed by atoms with Gasteiger partial charge >= 0.3 is 0 Å². The highest BCUT2D eigenvalue weighted by Crippen LogP contribution is 2.13. The summed E-state index contributed by atoms with van der Waals surface area (Å²) in [4.78, 5) is 18.0. The van der Waals surface area contributed by atoms with Crippen LogP contribution in [0.2, 0.25) is 0 Å². The molecular formula is C12H15BrN2O. The Labute approximate surface area is 104 Å². The fourth-order valence-electron chi connectivity index (χ4n) is 1.98. The SMILES string of the molecule is O=C(Cc1cncc(Br)c1)N1CCCCC1. The zero-order valence-corrected chi connectivity index (χ0v) is 10.7. The molecule has 2 rings (SSSR count). The molecule has 0 bridgehead atoms. The Morgan fingerprint density at radius 2 is 2.06 bits per heavy atom. The summed E-state index contributed by atoms with van der Waals surface area (Å²) in [7, 11) is 0. The molecule has 1 amide bonds. The number of carbonyl (C=O) groups excluding carboxylic acids is 1. The van der Waals surface area contributed by atoms with Crippen LogP contribution in [0.15, 0.2) is 22.9 Å². The number of amides is 1. The van der Waals surface area contributed by atoms with E-state index >= 15 is 0 Å². The van der Waals surface area contributed by atoms with E-state index in [4.69, 9.17) is 0 Å². The lowest BCUT2D eigenvalue weighted by Gasteiger charge is -2.26. The molecule has 0 N–H and O–H groups in total. The van der Waals surface area contributed by atoms with Crippen LogP contribution in [0.1, 0.15) is 24.8 Å². The van der Waals surface area contributed by atoms with Crippen molar-refractivity contribution in [1.82, 2.24) is 9.88 Å². The van der Waals surface area contributed by atoms with E-state index in [2.05, 4.69) is 20.9 Å². The van der Waals surface area contributed by atoms with Crippen LogP contribution in [0.5, 0.6) is 0 Å². The van der Waals surface area contributed by atoms with Crippen LogP contribution >= 0.6 is 15.9 Å². The Balaban J connectivity index is 1.96. The van der Waals surface area contributed by atoms with Crippen molar-refractivity contribution in [3.8, 4) is 0 Å². The Bertz CT molecular complexity index is 375. The average molecular weight is 283 g/mol. The van der Waals surface area contributed by atoms with Crippen LogP contribution < -0.4 is 0 Å². The molecule has 1 aromatic heterocycles. The highest BCUT2D eigenvalue weighted by atomic mass is 79.9. The predicted octanol–water partition coefficient (Wildman–Crippen LogP) is 2.40. The second-order valence-electron chi connectivity index (χ2n) is 4.13. The van der Waals surface area contributed by atoms with E-state index in [1.807, 2.05) is 11.0 Å². The van der Waals surface area contributed by atoms with Crippen LogP contribution in [0.25, 0.3) is 0 Å². The van der Waals surface area contributed by atoms with Crippen molar-refractivity contribution in [3.05, 3.63) is 28.5 Å². The number of rotatable bonds is 2. The van der Waals surface area contributed by atoms with Crippen molar-refractivity contribution in [3.63, 3.8) is 0 Å². The molecule has 1 aliphatic rings. The largest absolute Gasteiger partial charge is 0.342 e. The van der Waals surface area contributed by atoms with Crippen LogP contribution in [0, 0.1) is 0 Å². The summed E-state index contributed by atoms with van der Waals surface area (Å²) < 4.78 is 0.927. The fourth-order valence-corrected chi connectivity index (χ4v) is 2.39. The van der Waals surface area contributed by atoms with Gasteiger partial charge in [-0.25, -0.2) is 0 Å². The van der Waals surface area contributed by atoms with Gasteiger partial charge in [0, 0.05) is 30.0 Å². The normalized spacial score (nSPS) is 16.2. The number of nitrogens with zero attached hydrogens (tertiary/aromatic N) is 2. The maximum absolute atomic E-state index is 12.0. The Morgan fingerprint density at radius 1 is 1.31 bits per heavy atom. The van der Waals surface area contributed by atoms with E-state index < -0.39 is 0 Å². The molecule has 0 radical (unpaired) electrons. The molecule has 0 unspecified atom stereocenters. The minimum atomic E-state index is 0.222. The average Bonchev–Trinajstić information content (AvgIpc) is 2.30. The fraction of sp³-hybridized carbons (Fsp3) is 0.500. The van der Waals surface area contributed by atoms with Gasteiger partial charge in [-0.05, 0) is 46.8 Å². The topological polar surface area (TPSA) is 33.2 Å². The van der Waals surface area contributed by atoms with Crippen LogP contribution in [0.3, 0.4) is 0 Å². The van der Waals surface area contributed by atoms with Crippen molar-refractivity contribution in [2.75, 3.05) is 13.1 Å². The summed E-state index contributed by atoms with van der Waals surface area (Å²) >= 11 is 3.36. The van der Waals surface area contributed by atoms with Crippen molar-refractivity contribution >= 4 is 21.8 Å². The first kappa shape index (κ1) is 11.6. The van der Waals surface area contributed by atoms with Crippen LogP contribution in [0.4, 0.5) is 0 Å². The molecule has 0 aromatic carbocycles. The van der Waals surface area contributed by atoms with Crippen molar-refractivity contribution in [2.24, 2.45) is 0 Å². The number of pyridine rings is 1. The molecular weight excluding hydrogens is 268 g/mol. The predicted molar refractivity (Wildman–Crippen MR) is 66.1 cm³/mol. The molecule has 0 spiro atoms. The monoisotopic (exact) mass is 282 g/mol. The van der Waals surface area contributed by atoms with Gasteiger partial charge in [-0.3, -0.25) is 9.78 Å². The third kappa shape index (κ3) is 3.04. The quantitative estimate of drug-likeness (QED) is 0.835. The molecule has 1 aliphatic heterocycles. The molecule has 0 atom stereocenters. The molecule has 3 nitrogen and oxygen atoms in total. The Hall–Kier alpha value is -0.900. The summed E-state index contributed by atoms with van der Waals surface area (Å²) in [6, 6.07) is 1.95. The van der Waals surface area contributed by atoms with Gasteiger partial charge in [0.05, 0.1) is 6.42 Å². The van der Waals surface area contributed by atoms with Gasteiger partial charge in [-0.2, -0.15) is 0 Å². The first-order chi connectivity index (χ1) is 7.75. The molecule has 0 saturated carbocycles.